The molecule has 3 aliphatic carbocycles. The lowest BCUT2D eigenvalue weighted by molar-refractivity contribution is -0.101. The van der Waals surface area contributed by atoms with Crippen LogP contribution < -0.4 is 0 Å². The van der Waals surface area contributed by atoms with Gasteiger partial charge in [0.25, 0.3) is 0 Å². The third-order valence-electron chi connectivity index (χ3n) is 4.38. The number of nitrogens with zero attached hydrogens (tertiary/aromatic N) is 3. The first kappa shape index (κ1) is 8.89. The van der Waals surface area contributed by atoms with Gasteiger partial charge in [0.05, 0.1) is 0 Å². The zero-order valence-corrected chi connectivity index (χ0v) is 8.40. The van der Waals surface area contributed by atoms with Gasteiger partial charge in [0, 0.05) is 11.5 Å². The number of azide groups is 1. The summed E-state index contributed by atoms with van der Waals surface area (Å²) in [5.41, 5.74) is 8.81. The first-order chi connectivity index (χ1) is 6.16. The lowest BCUT2D eigenvalue weighted by Gasteiger charge is -2.60. The fourth-order valence-electron chi connectivity index (χ4n) is 3.32. The van der Waals surface area contributed by atoms with Gasteiger partial charge in [-0.05, 0) is 48.0 Å². The van der Waals surface area contributed by atoms with Crippen molar-refractivity contribution in [1.82, 2.24) is 0 Å². The van der Waals surface area contributed by atoms with Crippen molar-refractivity contribution in [3.8, 4) is 0 Å². The smallest absolute Gasteiger partial charge is 0.0289 e. The van der Waals surface area contributed by atoms with Crippen LogP contribution in [-0.2, 0) is 0 Å². The Labute approximate surface area is 79.1 Å². The molecule has 3 rings (SSSR count). The van der Waals surface area contributed by atoms with Gasteiger partial charge in [-0.3, -0.25) is 0 Å². The Morgan fingerprint density at radius 3 is 2.77 bits per heavy atom. The Morgan fingerprint density at radius 1 is 1.46 bits per heavy atom. The molecule has 0 aromatic heterocycles. The highest BCUT2D eigenvalue weighted by molar-refractivity contribution is 5.03. The number of rotatable bonds is 2. The van der Waals surface area contributed by atoms with Gasteiger partial charge in [0.15, 0.2) is 0 Å². The Morgan fingerprint density at radius 2 is 2.23 bits per heavy atom. The standard InChI is InChI=1S/C10H17N3/c1-10(2)8-4-3-7(6-12-13-11)9(10)5-8/h7-9H,3-6H2,1-2H3/t7-,8+,9+/m1/s1. The zero-order valence-electron chi connectivity index (χ0n) is 8.40. The largest absolute Gasteiger partial charge is 0.0937 e. The van der Waals surface area contributed by atoms with Gasteiger partial charge in [-0.1, -0.05) is 19.0 Å². The summed E-state index contributed by atoms with van der Waals surface area (Å²) in [5, 5.41) is 3.72. The topological polar surface area (TPSA) is 48.8 Å². The summed E-state index contributed by atoms with van der Waals surface area (Å²) >= 11 is 0. The van der Waals surface area contributed by atoms with E-state index < -0.39 is 0 Å². The van der Waals surface area contributed by atoms with E-state index in [0.29, 0.717) is 11.3 Å². The molecular weight excluding hydrogens is 162 g/mol. The molecule has 0 aromatic carbocycles. The van der Waals surface area contributed by atoms with Gasteiger partial charge < -0.3 is 0 Å². The molecule has 0 N–H and O–H groups in total. The SMILES string of the molecule is CC1(C)[C@H]2CC[C@H](CN=[N+]=[N-])[C@@H]1C2. The molecule has 0 unspecified atom stereocenters. The number of fused-ring (bicyclic) bond motifs is 2. The van der Waals surface area contributed by atoms with Crippen LogP contribution in [0.25, 0.3) is 10.4 Å². The molecule has 0 radical (unpaired) electrons. The lowest BCUT2D eigenvalue weighted by atomic mass is 9.45. The molecule has 0 spiro atoms. The monoisotopic (exact) mass is 179 g/mol. The number of hydrogen-bond acceptors (Lipinski definition) is 1. The fraction of sp³-hybridized carbons (Fsp3) is 1.00. The van der Waals surface area contributed by atoms with Crippen LogP contribution in [0.15, 0.2) is 5.11 Å². The minimum atomic E-state index is 0.522. The molecule has 3 heteroatoms. The van der Waals surface area contributed by atoms with Crippen LogP contribution in [-0.4, -0.2) is 6.54 Å². The molecule has 3 fully saturated rings. The Hall–Kier alpha value is -0.690. The molecule has 0 heterocycles. The maximum Gasteiger partial charge on any atom is 0.0289 e. The van der Waals surface area contributed by atoms with Gasteiger partial charge in [0.2, 0.25) is 0 Å². The highest BCUT2D eigenvalue weighted by atomic mass is 15.1. The predicted molar refractivity (Wildman–Crippen MR) is 52.1 cm³/mol. The summed E-state index contributed by atoms with van der Waals surface area (Å²) in [6, 6.07) is 0. The van der Waals surface area contributed by atoms with E-state index >= 15 is 0 Å². The quantitative estimate of drug-likeness (QED) is 0.354. The van der Waals surface area contributed by atoms with E-state index in [2.05, 4.69) is 23.9 Å². The Balaban J connectivity index is 2.02. The molecule has 3 nitrogen and oxygen atoms in total. The van der Waals surface area contributed by atoms with Gasteiger partial charge in [-0.25, -0.2) is 0 Å². The molecular formula is C10H17N3. The molecule has 72 valence electrons. The number of hydrogen-bond donors (Lipinski definition) is 0. The summed E-state index contributed by atoms with van der Waals surface area (Å²) in [5.74, 6) is 2.42. The summed E-state index contributed by atoms with van der Waals surface area (Å²) in [6.07, 6.45) is 3.99. The maximum atomic E-state index is 8.28. The van der Waals surface area contributed by atoms with Crippen LogP contribution in [0.1, 0.15) is 33.1 Å². The molecule has 3 aliphatic rings. The third-order valence-corrected chi connectivity index (χ3v) is 4.38. The van der Waals surface area contributed by atoms with Crippen LogP contribution in [0, 0.1) is 23.2 Å². The molecule has 13 heavy (non-hydrogen) atoms. The maximum absolute atomic E-state index is 8.28. The van der Waals surface area contributed by atoms with E-state index in [1.807, 2.05) is 0 Å². The average Bonchev–Trinajstić information content (AvgIpc) is 2.14. The van der Waals surface area contributed by atoms with E-state index in [1.165, 1.54) is 19.3 Å². The van der Waals surface area contributed by atoms with E-state index in [9.17, 15) is 0 Å². The first-order valence-electron chi connectivity index (χ1n) is 5.17. The van der Waals surface area contributed by atoms with Crippen LogP contribution in [0.2, 0.25) is 0 Å². The van der Waals surface area contributed by atoms with E-state index in [0.717, 1.165) is 18.4 Å². The normalized spacial score (nSPS) is 40.3. The first-order valence-corrected chi connectivity index (χ1v) is 5.17. The summed E-state index contributed by atoms with van der Waals surface area (Å²) in [6.45, 7) is 5.46. The third kappa shape index (κ3) is 1.22. The lowest BCUT2D eigenvalue weighted by Crippen LogP contribution is -2.52. The fourth-order valence-corrected chi connectivity index (χ4v) is 3.32. The molecule has 0 amide bonds. The van der Waals surface area contributed by atoms with Crippen molar-refractivity contribution in [2.45, 2.75) is 33.1 Å². The zero-order chi connectivity index (χ0) is 9.47. The molecule has 0 saturated heterocycles. The Bertz CT molecular complexity index is 251. The van der Waals surface area contributed by atoms with Gasteiger partial charge in [-0.2, -0.15) is 0 Å². The molecule has 3 atom stereocenters. The second-order valence-corrected chi connectivity index (χ2v) is 5.11. The molecule has 0 aliphatic heterocycles. The Kier molecular flexibility index (Phi) is 1.99. The second-order valence-electron chi connectivity index (χ2n) is 5.11. The van der Waals surface area contributed by atoms with E-state index in [1.54, 1.807) is 0 Å². The molecule has 3 saturated carbocycles. The van der Waals surface area contributed by atoms with Crippen LogP contribution >= 0.6 is 0 Å². The highest BCUT2D eigenvalue weighted by Gasteiger charge is 2.53. The second kappa shape index (κ2) is 2.91. The van der Waals surface area contributed by atoms with Crippen molar-refractivity contribution >= 4 is 0 Å². The van der Waals surface area contributed by atoms with E-state index in [-0.39, 0.29) is 0 Å². The van der Waals surface area contributed by atoms with Crippen LogP contribution in [0.4, 0.5) is 0 Å². The minimum absolute atomic E-state index is 0.522. The van der Waals surface area contributed by atoms with Crippen LogP contribution in [0.3, 0.4) is 0 Å². The van der Waals surface area contributed by atoms with E-state index in [4.69, 9.17) is 5.53 Å². The van der Waals surface area contributed by atoms with Crippen molar-refractivity contribution in [3.63, 3.8) is 0 Å². The van der Waals surface area contributed by atoms with Crippen molar-refractivity contribution in [2.75, 3.05) is 6.54 Å². The molecule has 0 aromatic rings. The van der Waals surface area contributed by atoms with Crippen LogP contribution in [0.5, 0.6) is 0 Å². The molecule has 2 bridgehead atoms. The highest BCUT2D eigenvalue weighted by Crippen LogP contribution is 2.61. The summed E-state index contributed by atoms with van der Waals surface area (Å²) < 4.78 is 0. The summed E-state index contributed by atoms with van der Waals surface area (Å²) in [4.78, 5) is 2.85. The van der Waals surface area contributed by atoms with Gasteiger partial charge in [-0.15, -0.1) is 0 Å². The van der Waals surface area contributed by atoms with Gasteiger partial charge in [0.1, 0.15) is 0 Å². The minimum Gasteiger partial charge on any atom is -0.0937 e. The summed E-state index contributed by atoms with van der Waals surface area (Å²) in [7, 11) is 0. The average molecular weight is 179 g/mol. The van der Waals surface area contributed by atoms with Crippen molar-refractivity contribution < 1.29 is 0 Å². The van der Waals surface area contributed by atoms with Crippen molar-refractivity contribution in [2.24, 2.45) is 28.3 Å². The van der Waals surface area contributed by atoms with Crippen molar-refractivity contribution in [3.05, 3.63) is 10.4 Å². The predicted octanol–water partition coefficient (Wildman–Crippen LogP) is 3.37. The van der Waals surface area contributed by atoms with Gasteiger partial charge >= 0.3 is 0 Å². The van der Waals surface area contributed by atoms with Crippen molar-refractivity contribution in [1.29, 1.82) is 0 Å².